The largest absolute Gasteiger partial charge is 0.416 e. The molecule has 4 rings (SSSR count). The number of anilines is 2. The number of likely N-dealkylation sites (N-methyl/N-ethyl adjacent to an activating group) is 1. The number of rotatable bonds is 6. The summed E-state index contributed by atoms with van der Waals surface area (Å²) < 4.78 is 41.7. The van der Waals surface area contributed by atoms with Gasteiger partial charge in [-0.1, -0.05) is 30.0 Å². The lowest BCUT2D eigenvalue weighted by atomic mass is 9.98. The van der Waals surface area contributed by atoms with Crippen LogP contribution in [0.4, 0.5) is 24.7 Å². The van der Waals surface area contributed by atoms with Crippen molar-refractivity contribution in [3.05, 3.63) is 88.6 Å². The van der Waals surface area contributed by atoms with E-state index in [0.717, 1.165) is 54.8 Å². The highest BCUT2D eigenvalue weighted by atomic mass is 19.4. The van der Waals surface area contributed by atoms with Crippen molar-refractivity contribution in [2.45, 2.75) is 25.6 Å². The van der Waals surface area contributed by atoms with E-state index in [1.54, 1.807) is 38.4 Å². The van der Waals surface area contributed by atoms with Crippen LogP contribution in [0.15, 0.2) is 60.8 Å². The molecule has 2 N–H and O–H groups in total. The molecule has 9 heteroatoms. The molecule has 0 aliphatic carbocycles. The molecule has 0 spiro atoms. The van der Waals surface area contributed by atoms with Crippen molar-refractivity contribution >= 4 is 17.4 Å². The number of alkyl halides is 3. The second kappa shape index (κ2) is 12.3. The first-order chi connectivity index (χ1) is 18.6. The molecular formula is C30H32F3N5O. The van der Waals surface area contributed by atoms with Crippen LogP contribution in [0.2, 0.25) is 0 Å². The van der Waals surface area contributed by atoms with Crippen molar-refractivity contribution in [1.82, 2.24) is 14.8 Å². The number of hydrogen-bond acceptors (Lipinski definition) is 5. The Bertz CT molecular complexity index is 1340. The molecule has 1 fully saturated rings. The Morgan fingerprint density at radius 2 is 1.67 bits per heavy atom. The van der Waals surface area contributed by atoms with Gasteiger partial charge in [-0.2, -0.15) is 13.2 Å². The van der Waals surface area contributed by atoms with E-state index in [0.29, 0.717) is 0 Å². The summed E-state index contributed by atoms with van der Waals surface area (Å²) in [6.45, 7) is 5.02. The summed E-state index contributed by atoms with van der Waals surface area (Å²) in [7, 11) is 3.80. The first kappa shape index (κ1) is 28.1. The first-order valence-corrected chi connectivity index (χ1v) is 12.8. The van der Waals surface area contributed by atoms with Crippen molar-refractivity contribution in [3.63, 3.8) is 0 Å². The Morgan fingerprint density at radius 3 is 2.28 bits per heavy atom. The van der Waals surface area contributed by atoms with Gasteiger partial charge in [-0.05, 0) is 61.5 Å². The summed E-state index contributed by atoms with van der Waals surface area (Å²) in [4.78, 5) is 21.3. The van der Waals surface area contributed by atoms with Gasteiger partial charge in [0, 0.05) is 62.8 Å². The van der Waals surface area contributed by atoms with E-state index in [1.807, 2.05) is 36.2 Å². The van der Waals surface area contributed by atoms with Gasteiger partial charge in [-0.3, -0.25) is 9.69 Å². The average Bonchev–Trinajstić information content (AvgIpc) is 2.93. The zero-order chi connectivity index (χ0) is 28.0. The van der Waals surface area contributed by atoms with E-state index < -0.39 is 17.7 Å². The van der Waals surface area contributed by atoms with Gasteiger partial charge in [0.25, 0.3) is 0 Å². The van der Waals surface area contributed by atoms with E-state index >= 15 is 0 Å². The van der Waals surface area contributed by atoms with Gasteiger partial charge in [0.2, 0.25) is 5.91 Å². The van der Waals surface area contributed by atoms with Gasteiger partial charge in [-0.15, -0.1) is 0 Å². The summed E-state index contributed by atoms with van der Waals surface area (Å²) in [6.07, 6.45) is -2.83. The lowest BCUT2D eigenvalue weighted by Gasteiger charge is -2.33. The molecule has 1 aliphatic heterocycles. The Kier molecular flexibility index (Phi) is 8.90. The Morgan fingerprint density at radius 1 is 1.00 bits per heavy atom. The van der Waals surface area contributed by atoms with Gasteiger partial charge < -0.3 is 15.5 Å². The SMILES string of the molecule is CNc1ccc(C#Cc2ccc(C(C)C(=O)Nc3ccc(CN4CCN(C)CC4)c(C(F)(F)F)c3)cc2)cn1. The lowest BCUT2D eigenvalue weighted by Crippen LogP contribution is -2.44. The maximum absolute atomic E-state index is 13.9. The Balaban J connectivity index is 1.42. The van der Waals surface area contributed by atoms with Gasteiger partial charge in [0.05, 0.1) is 11.5 Å². The minimum absolute atomic E-state index is 0.127. The number of carbonyl (C=O) groups excluding carboxylic acids is 1. The number of pyridine rings is 1. The molecule has 3 aromatic rings. The minimum Gasteiger partial charge on any atom is -0.373 e. The van der Waals surface area contributed by atoms with E-state index in [1.165, 1.54) is 6.07 Å². The highest BCUT2D eigenvalue weighted by molar-refractivity contribution is 5.95. The molecule has 2 aromatic carbocycles. The number of hydrogen-bond donors (Lipinski definition) is 2. The molecule has 0 radical (unpaired) electrons. The number of benzene rings is 2. The van der Waals surface area contributed by atoms with Crippen LogP contribution in [0.25, 0.3) is 0 Å². The molecule has 204 valence electrons. The van der Waals surface area contributed by atoms with Gasteiger partial charge in [0.1, 0.15) is 5.82 Å². The second-order valence-corrected chi connectivity index (χ2v) is 9.71. The Hall–Kier alpha value is -3.87. The minimum atomic E-state index is -4.52. The molecule has 0 bridgehead atoms. The van der Waals surface area contributed by atoms with E-state index in [2.05, 4.69) is 32.4 Å². The molecule has 1 aliphatic rings. The average molecular weight is 536 g/mol. The maximum atomic E-state index is 13.9. The standard InChI is InChI=1S/C30H32F3N5O/c1-21(24-9-6-22(7-10-24)4-5-23-8-13-28(34-2)35-19-23)29(39)36-26-12-11-25(27(18-26)30(31,32)33)20-38-16-14-37(3)15-17-38/h6-13,18-19,21H,14-17,20H2,1-3H3,(H,34,35)(H,36,39). The van der Waals surface area contributed by atoms with Crippen molar-refractivity contribution in [3.8, 4) is 11.8 Å². The van der Waals surface area contributed by atoms with Gasteiger partial charge >= 0.3 is 6.18 Å². The zero-order valence-corrected chi connectivity index (χ0v) is 22.3. The molecule has 1 amide bonds. The van der Waals surface area contributed by atoms with E-state index in [4.69, 9.17) is 0 Å². The van der Waals surface area contributed by atoms with Crippen LogP contribution < -0.4 is 10.6 Å². The third-order valence-corrected chi connectivity index (χ3v) is 6.85. The lowest BCUT2D eigenvalue weighted by molar-refractivity contribution is -0.138. The summed E-state index contributed by atoms with van der Waals surface area (Å²) in [5.41, 5.74) is 1.91. The van der Waals surface area contributed by atoms with Crippen molar-refractivity contribution in [1.29, 1.82) is 0 Å². The molecule has 39 heavy (non-hydrogen) atoms. The second-order valence-electron chi connectivity index (χ2n) is 9.71. The molecule has 1 unspecified atom stereocenters. The monoisotopic (exact) mass is 535 g/mol. The van der Waals surface area contributed by atoms with E-state index in [9.17, 15) is 18.0 Å². The number of halogens is 3. The fourth-order valence-corrected chi connectivity index (χ4v) is 4.32. The first-order valence-electron chi connectivity index (χ1n) is 12.8. The van der Waals surface area contributed by atoms with Crippen molar-refractivity contribution < 1.29 is 18.0 Å². The van der Waals surface area contributed by atoms with Gasteiger partial charge in [0.15, 0.2) is 0 Å². The quantitative estimate of drug-likeness (QED) is 0.434. The summed E-state index contributed by atoms with van der Waals surface area (Å²) in [6, 6.07) is 15.0. The Labute approximate surface area is 227 Å². The molecule has 1 atom stereocenters. The third kappa shape index (κ3) is 7.59. The predicted octanol–water partition coefficient (Wildman–Crippen LogP) is 5.03. The van der Waals surface area contributed by atoms with Crippen LogP contribution in [-0.4, -0.2) is 61.0 Å². The number of nitrogens with one attached hydrogen (secondary N) is 2. The smallest absolute Gasteiger partial charge is 0.373 e. The van der Waals surface area contributed by atoms with Crippen LogP contribution >= 0.6 is 0 Å². The van der Waals surface area contributed by atoms with Crippen molar-refractivity contribution in [2.75, 3.05) is 50.9 Å². The summed E-state index contributed by atoms with van der Waals surface area (Å²) in [5, 5.41) is 5.61. The summed E-state index contributed by atoms with van der Waals surface area (Å²) in [5.74, 6) is 5.92. The van der Waals surface area contributed by atoms with Crippen LogP contribution in [0.3, 0.4) is 0 Å². The van der Waals surface area contributed by atoms with Crippen molar-refractivity contribution in [2.24, 2.45) is 0 Å². The fraction of sp³-hybridized carbons (Fsp3) is 0.333. The normalized spacial score (nSPS) is 15.2. The van der Waals surface area contributed by atoms with Gasteiger partial charge in [-0.25, -0.2) is 4.98 Å². The highest BCUT2D eigenvalue weighted by Gasteiger charge is 2.34. The maximum Gasteiger partial charge on any atom is 0.416 e. The number of aromatic nitrogens is 1. The third-order valence-electron chi connectivity index (χ3n) is 6.85. The number of carbonyl (C=O) groups is 1. The molecule has 6 nitrogen and oxygen atoms in total. The number of nitrogens with zero attached hydrogens (tertiary/aromatic N) is 3. The molecule has 1 aromatic heterocycles. The highest BCUT2D eigenvalue weighted by Crippen LogP contribution is 2.35. The summed E-state index contributed by atoms with van der Waals surface area (Å²) >= 11 is 0. The van der Waals surface area contributed by atoms with Crippen LogP contribution in [-0.2, 0) is 17.5 Å². The molecule has 1 saturated heterocycles. The molecule has 0 saturated carbocycles. The molecule has 2 heterocycles. The van der Waals surface area contributed by atoms with Crippen LogP contribution in [0, 0.1) is 11.8 Å². The topological polar surface area (TPSA) is 60.5 Å². The predicted molar refractivity (Wildman–Crippen MR) is 147 cm³/mol. The van der Waals surface area contributed by atoms with Crippen LogP contribution in [0.5, 0.6) is 0 Å². The van der Waals surface area contributed by atoms with E-state index in [-0.39, 0.29) is 23.7 Å². The fourth-order valence-electron chi connectivity index (χ4n) is 4.32. The van der Waals surface area contributed by atoms with Crippen LogP contribution in [0.1, 0.15) is 40.7 Å². The number of piperazine rings is 1. The molecular weight excluding hydrogens is 503 g/mol. The number of amides is 1. The zero-order valence-electron chi connectivity index (χ0n) is 22.3.